The number of hydrogen-bond donors (Lipinski definition) is 1. The normalized spacial score (nSPS) is 25.0. The molecule has 1 N–H and O–H groups in total. The average molecular weight is 390 g/mol. The molecule has 0 amide bonds. The van der Waals surface area contributed by atoms with Crippen LogP contribution in [0.15, 0.2) is 22.6 Å². The molecule has 28 heavy (non-hydrogen) atoms. The molecule has 3 unspecified atom stereocenters. The molecule has 4 atom stereocenters. The molecule has 1 saturated heterocycles. The predicted molar refractivity (Wildman–Crippen MR) is 122 cm³/mol. The highest BCUT2D eigenvalue weighted by molar-refractivity contribution is 5.84. The second kappa shape index (κ2) is 12.2. The fourth-order valence-electron chi connectivity index (χ4n) is 4.12. The zero-order valence-electron chi connectivity index (χ0n) is 19.5. The number of piperidine rings is 1. The van der Waals surface area contributed by atoms with Crippen LogP contribution in [0.4, 0.5) is 0 Å². The summed E-state index contributed by atoms with van der Waals surface area (Å²) in [5, 5.41) is 10.9. The van der Waals surface area contributed by atoms with Gasteiger partial charge in [0.1, 0.15) is 17.1 Å². The number of phenols is 1. The first-order chi connectivity index (χ1) is 13.5. The van der Waals surface area contributed by atoms with Gasteiger partial charge >= 0.3 is 0 Å². The minimum absolute atomic E-state index is 0.329. The summed E-state index contributed by atoms with van der Waals surface area (Å²) in [4.78, 5) is 2.60. The van der Waals surface area contributed by atoms with Crippen molar-refractivity contribution in [3.63, 3.8) is 0 Å². The molecule has 0 radical (unpaired) electrons. The van der Waals surface area contributed by atoms with Crippen molar-refractivity contribution in [1.82, 2.24) is 4.90 Å². The summed E-state index contributed by atoms with van der Waals surface area (Å²) in [6.45, 7) is 19.5. The molecule has 1 fully saturated rings. The molecule has 1 aromatic carbocycles. The monoisotopic (exact) mass is 389 g/mol. The van der Waals surface area contributed by atoms with Crippen LogP contribution in [0, 0.1) is 5.92 Å². The van der Waals surface area contributed by atoms with E-state index in [0.717, 1.165) is 29.9 Å². The lowest BCUT2D eigenvalue weighted by Gasteiger charge is -2.40. The van der Waals surface area contributed by atoms with Gasteiger partial charge < -0.3 is 9.52 Å². The van der Waals surface area contributed by atoms with E-state index in [4.69, 9.17) is 4.42 Å². The van der Waals surface area contributed by atoms with Crippen molar-refractivity contribution in [2.24, 2.45) is 5.92 Å². The standard InChI is InChI=1S/C17H21NO2.2C3H8.C2H6/c1-10-7-14-11(2)18(9-10)6-5-13-15-8-12(19)3-4-16(15)20-17(13)14;2*1-3-2;1-2/h3-4,8,10-11,14,19H,5-7,9H2,1-2H3;2*3H2,1-2H3;1-2H3/t10-,11?,14?;;;/m0.../s1. The van der Waals surface area contributed by atoms with Crippen molar-refractivity contribution < 1.29 is 9.52 Å². The highest BCUT2D eigenvalue weighted by atomic mass is 16.3. The third kappa shape index (κ3) is 5.76. The maximum atomic E-state index is 9.75. The molecule has 3 nitrogen and oxygen atoms in total. The second-order valence-electron chi connectivity index (χ2n) is 7.97. The summed E-state index contributed by atoms with van der Waals surface area (Å²) >= 11 is 0. The summed E-state index contributed by atoms with van der Waals surface area (Å²) in [6, 6.07) is 6.02. The minimum atomic E-state index is 0.329. The molecular weight excluding hydrogens is 346 g/mol. The van der Waals surface area contributed by atoms with Gasteiger partial charge in [0.05, 0.1) is 0 Å². The van der Waals surface area contributed by atoms with Crippen molar-refractivity contribution in [2.45, 2.75) is 93.0 Å². The molecule has 160 valence electrons. The first-order valence-corrected chi connectivity index (χ1v) is 11.4. The van der Waals surface area contributed by atoms with E-state index >= 15 is 0 Å². The van der Waals surface area contributed by atoms with Crippen LogP contribution in [0.1, 0.15) is 91.9 Å². The molecule has 0 spiro atoms. The topological polar surface area (TPSA) is 36.6 Å². The van der Waals surface area contributed by atoms with Crippen LogP contribution in [0.5, 0.6) is 5.75 Å². The fraction of sp³-hybridized carbons (Fsp3) is 0.680. The molecular formula is C25H43NO2. The smallest absolute Gasteiger partial charge is 0.134 e. The van der Waals surface area contributed by atoms with Crippen molar-refractivity contribution in [3.05, 3.63) is 29.5 Å². The molecule has 2 aliphatic heterocycles. The molecule has 0 saturated carbocycles. The largest absolute Gasteiger partial charge is 0.508 e. The average Bonchev–Trinajstić information content (AvgIpc) is 2.99. The molecule has 2 aliphatic rings. The second-order valence-corrected chi connectivity index (χ2v) is 7.97. The highest BCUT2D eigenvalue weighted by Crippen LogP contribution is 2.43. The Labute approximate surface area is 173 Å². The van der Waals surface area contributed by atoms with Gasteiger partial charge in [0.2, 0.25) is 0 Å². The van der Waals surface area contributed by atoms with Gasteiger partial charge in [-0.05, 0) is 43.9 Å². The van der Waals surface area contributed by atoms with Crippen LogP contribution in [0.3, 0.4) is 0 Å². The van der Waals surface area contributed by atoms with E-state index in [1.54, 1.807) is 6.07 Å². The Morgan fingerprint density at radius 3 is 2.29 bits per heavy atom. The van der Waals surface area contributed by atoms with Crippen LogP contribution in [0.25, 0.3) is 11.0 Å². The Morgan fingerprint density at radius 1 is 1.07 bits per heavy atom. The van der Waals surface area contributed by atoms with Gasteiger partial charge in [0.25, 0.3) is 0 Å². The van der Waals surface area contributed by atoms with E-state index in [1.165, 1.54) is 37.1 Å². The fourth-order valence-corrected chi connectivity index (χ4v) is 4.12. The van der Waals surface area contributed by atoms with Gasteiger partial charge in [-0.15, -0.1) is 0 Å². The van der Waals surface area contributed by atoms with Gasteiger partial charge in [-0.2, -0.15) is 0 Å². The molecule has 0 aliphatic carbocycles. The van der Waals surface area contributed by atoms with Crippen LogP contribution in [0.2, 0.25) is 0 Å². The third-order valence-electron chi connectivity index (χ3n) is 5.15. The molecule has 4 rings (SSSR count). The van der Waals surface area contributed by atoms with Gasteiger partial charge in [0, 0.05) is 36.0 Å². The zero-order valence-corrected chi connectivity index (χ0v) is 19.5. The number of fused-ring (bicyclic) bond motifs is 6. The van der Waals surface area contributed by atoms with E-state index < -0.39 is 0 Å². The third-order valence-corrected chi connectivity index (χ3v) is 5.15. The molecule has 2 aromatic rings. The molecule has 3 heterocycles. The van der Waals surface area contributed by atoms with E-state index in [9.17, 15) is 5.11 Å². The number of aromatic hydroxyl groups is 1. The number of rotatable bonds is 0. The van der Waals surface area contributed by atoms with Gasteiger partial charge in [-0.1, -0.05) is 61.3 Å². The van der Waals surface area contributed by atoms with Gasteiger partial charge in [0.15, 0.2) is 0 Å². The lowest BCUT2D eigenvalue weighted by molar-refractivity contribution is 0.105. The van der Waals surface area contributed by atoms with Crippen molar-refractivity contribution >= 4 is 11.0 Å². The van der Waals surface area contributed by atoms with Crippen molar-refractivity contribution in [1.29, 1.82) is 0 Å². The van der Waals surface area contributed by atoms with Crippen molar-refractivity contribution in [2.75, 3.05) is 13.1 Å². The van der Waals surface area contributed by atoms with E-state index in [0.29, 0.717) is 17.7 Å². The number of phenolic OH excluding ortho intramolecular Hbond substituents is 1. The SMILES string of the molecule is CC.CC1C2C[C@H](C)CN1CCc1c2oc2ccc(O)cc12.CCC.CCC. The molecule has 2 bridgehead atoms. The minimum Gasteiger partial charge on any atom is -0.508 e. The Balaban J connectivity index is 0.000000430. The number of furan rings is 1. The first-order valence-electron chi connectivity index (χ1n) is 11.4. The van der Waals surface area contributed by atoms with Crippen LogP contribution < -0.4 is 0 Å². The van der Waals surface area contributed by atoms with E-state index in [1.807, 2.05) is 26.0 Å². The lowest BCUT2D eigenvalue weighted by Crippen LogP contribution is -2.44. The Morgan fingerprint density at radius 2 is 1.68 bits per heavy atom. The summed E-state index contributed by atoms with van der Waals surface area (Å²) in [5.41, 5.74) is 2.25. The van der Waals surface area contributed by atoms with Gasteiger partial charge in [-0.3, -0.25) is 4.90 Å². The summed E-state index contributed by atoms with van der Waals surface area (Å²) in [7, 11) is 0. The quantitative estimate of drug-likeness (QED) is 0.511. The maximum absolute atomic E-state index is 9.75. The Kier molecular flexibility index (Phi) is 10.7. The van der Waals surface area contributed by atoms with Crippen molar-refractivity contribution in [3.8, 4) is 5.75 Å². The summed E-state index contributed by atoms with van der Waals surface area (Å²) in [5.74, 6) is 2.72. The Bertz CT molecular complexity index is 689. The molecule has 1 aromatic heterocycles. The number of hydrogen-bond acceptors (Lipinski definition) is 3. The molecule has 3 heteroatoms. The highest BCUT2D eigenvalue weighted by Gasteiger charge is 2.38. The van der Waals surface area contributed by atoms with E-state index in [-0.39, 0.29) is 0 Å². The van der Waals surface area contributed by atoms with Crippen LogP contribution >= 0.6 is 0 Å². The van der Waals surface area contributed by atoms with Gasteiger partial charge in [-0.25, -0.2) is 0 Å². The number of benzene rings is 1. The van der Waals surface area contributed by atoms with Crippen LogP contribution in [-0.4, -0.2) is 29.1 Å². The summed E-state index contributed by atoms with van der Waals surface area (Å²) < 4.78 is 6.19. The first kappa shape index (κ1) is 24.6. The van der Waals surface area contributed by atoms with Crippen LogP contribution in [-0.2, 0) is 6.42 Å². The lowest BCUT2D eigenvalue weighted by atomic mass is 9.83. The maximum Gasteiger partial charge on any atom is 0.134 e. The summed E-state index contributed by atoms with van der Waals surface area (Å²) in [6.07, 6.45) is 4.73. The zero-order chi connectivity index (χ0) is 21.3. The predicted octanol–water partition coefficient (Wildman–Crippen LogP) is 7.37. The number of nitrogens with zero attached hydrogens (tertiary/aromatic N) is 1. The Hall–Kier alpha value is -1.48. The van der Waals surface area contributed by atoms with E-state index in [2.05, 4.69) is 46.4 Å².